The largest absolute Gasteiger partial charge is 0.344 e. The number of rotatable bonds is 4. The van der Waals surface area contributed by atoms with Crippen LogP contribution in [0.2, 0.25) is 0 Å². The molecule has 1 amide bonds. The number of hydrogen-bond donors (Lipinski definition) is 2. The van der Waals surface area contributed by atoms with E-state index in [-0.39, 0.29) is 5.91 Å². The highest BCUT2D eigenvalue weighted by molar-refractivity contribution is 7.09. The number of fused-ring (bicyclic) bond motifs is 1. The molecule has 0 radical (unpaired) electrons. The van der Waals surface area contributed by atoms with E-state index in [2.05, 4.69) is 30.9 Å². The molecule has 21 heavy (non-hydrogen) atoms. The van der Waals surface area contributed by atoms with Gasteiger partial charge in [0.25, 0.3) is 5.91 Å². The van der Waals surface area contributed by atoms with Crippen molar-refractivity contribution in [3.8, 4) is 0 Å². The average molecular weight is 299 g/mol. The van der Waals surface area contributed by atoms with E-state index in [0.717, 1.165) is 10.4 Å². The second-order valence-electron chi connectivity index (χ2n) is 5.10. The van der Waals surface area contributed by atoms with Crippen molar-refractivity contribution in [2.75, 3.05) is 0 Å². The van der Waals surface area contributed by atoms with Gasteiger partial charge in [-0.25, -0.2) is 9.97 Å². The zero-order valence-corrected chi connectivity index (χ0v) is 12.0. The van der Waals surface area contributed by atoms with Crippen molar-refractivity contribution in [3.05, 3.63) is 40.1 Å². The predicted molar refractivity (Wildman–Crippen MR) is 79.1 cm³/mol. The standard InChI is InChI=1S/C14H13N5OS/c20-14(12-9-2-1-5-15-13(9)19-18-12)16-6-11-17-10(7-21-11)8-3-4-8/h1-2,5,7-8H,3-4,6H2,(H,16,20)(H,15,18,19). The second-order valence-corrected chi connectivity index (χ2v) is 6.04. The minimum atomic E-state index is -0.186. The monoisotopic (exact) mass is 299 g/mol. The molecule has 1 aliphatic rings. The van der Waals surface area contributed by atoms with Crippen LogP contribution in [-0.4, -0.2) is 26.1 Å². The van der Waals surface area contributed by atoms with Gasteiger partial charge in [0, 0.05) is 17.5 Å². The van der Waals surface area contributed by atoms with Crippen LogP contribution < -0.4 is 5.32 Å². The lowest BCUT2D eigenvalue weighted by molar-refractivity contribution is 0.0947. The Labute approximate surface area is 124 Å². The first-order chi connectivity index (χ1) is 10.3. The van der Waals surface area contributed by atoms with Crippen LogP contribution in [0.4, 0.5) is 0 Å². The molecule has 1 fully saturated rings. The van der Waals surface area contributed by atoms with Crippen LogP contribution in [0.15, 0.2) is 23.7 Å². The molecule has 0 aliphatic heterocycles. The third-order valence-corrected chi connectivity index (χ3v) is 4.39. The van der Waals surface area contributed by atoms with Crippen molar-refractivity contribution < 1.29 is 4.79 Å². The predicted octanol–water partition coefficient (Wildman–Crippen LogP) is 2.22. The second kappa shape index (κ2) is 4.92. The lowest BCUT2D eigenvalue weighted by atomic mass is 10.2. The maximum atomic E-state index is 12.2. The van der Waals surface area contributed by atoms with Crippen LogP contribution in [0.5, 0.6) is 0 Å². The highest BCUT2D eigenvalue weighted by atomic mass is 32.1. The fraction of sp³-hybridized carbons (Fsp3) is 0.286. The molecule has 3 heterocycles. The van der Waals surface area contributed by atoms with E-state index >= 15 is 0 Å². The van der Waals surface area contributed by atoms with Crippen molar-refractivity contribution in [3.63, 3.8) is 0 Å². The number of hydrogen-bond acceptors (Lipinski definition) is 5. The van der Waals surface area contributed by atoms with E-state index in [9.17, 15) is 4.79 Å². The maximum absolute atomic E-state index is 12.2. The number of thiazole rings is 1. The molecular formula is C14H13N5OS. The zero-order valence-electron chi connectivity index (χ0n) is 11.2. The maximum Gasteiger partial charge on any atom is 0.270 e. The van der Waals surface area contributed by atoms with Crippen LogP contribution >= 0.6 is 11.3 Å². The molecule has 0 spiro atoms. The van der Waals surface area contributed by atoms with Gasteiger partial charge in [-0.15, -0.1) is 11.3 Å². The summed E-state index contributed by atoms with van der Waals surface area (Å²) in [4.78, 5) is 20.9. The van der Waals surface area contributed by atoms with Crippen LogP contribution in [-0.2, 0) is 6.54 Å². The minimum Gasteiger partial charge on any atom is -0.344 e. The van der Waals surface area contributed by atoms with Crippen LogP contribution in [0.3, 0.4) is 0 Å². The molecule has 4 rings (SSSR count). The van der Waals surface area contributed by atoms with Crippen molar-refractivity contribution in [2.24, 2.45) is 0 Å². The summed E-state index contributed by atoms with van der Waals surface area (Å²) in [7, 11) is 0. The highest BCUT2D eigenvalue weighted by Gasteiger charge is 2.26. The Morgan fingerprint density at radius 3 is 3.24 bits per heavy atom. The molecule has 0 unspecified atom stereocenters. The molecule has 0 aromatic carbocycles. The topological polar surface area (TPSA) is 83.6 Å². The number of carbonyl (C=O) groups excluding carboxylic acids is 1. The molecule has 1 aliphatic carbocycles. The molecule has 0 saturated heterocycles. The average Bonchev–Trinajstić information content (AvgIpc) is 3.10. The molecule has 7 heteroatoms. The van der Waals surface area contributed by atoms with Gasteiger partial charge in [-0.1, -0.05) is 0 Å². The van der Waals surface area contributed by atoms with Crippen molar-refractivity contribution in [2.45, 2.75) is 25.3 Å². The van der Waals surface area contributed by atoms with E-state index in [0.29, 0.717) is 23.8 Å². The van der Waals surface area contributed by atoms with E-state index in [1.165, 1.54) is 18.5 Å². The molecule has 3 aromatic heterocycles. The number of carbonyl (C=O) groups is 1. The Hall–Kier alpha value is -2.28. The summed E-state index contributed by atoms with van der Waals surface area (Å²) in [5.41, 5.74) is 2.16. The first-order valence-corrected chi connectivity index (χ1v) is 7.71. The van der Waals surface area contributed by atoms with E-state index in [4.69, 9.17) is 0 Å². The summed E-state index contributed by atoms with van der Waals surface area (Å²) in [6.45, 7) is 0.441. The first kappa shape index (κ1) is 12.5. The number of nitrogens with zero attached hydrogens (tertiary/aromatic N) is 3. The summed E-state index contributed by atoms with van der Waals surface area (Å²) in [5.74, 6) is 0.460. The van der Waals surface area contributed by atoms with Crippen LogP contribution in [0, 0.1) is 0 Å². The number of H-pyrrole nitrogens is 1. The van der Waals surface area contributed by atoms with Crippen molar-refractivity contribution in [1.29, 1.82) is 0 Å². The Kier molecular flexibility index (Phi) is 2.92. The zero-order chi connectivity index (χ0) is 14.2. The lowest BCUT2D eigenvalue weighted by Gasteiger charge is -2.01. The number of amides is 1. The summed E-state index contributed by atoms with van der Waals surface area (Å²) >= 11 is 1.60. The third kappa shape index (κ3) is 2.40. The lowest BCUT2D eigenvalue weighted by Crippen LogP contribution is -2.23. The minimum absolute atomic E-state index is 0.186. The molecule has 2 N–H and O–H groups in total. The molecule has 0 atom stereocenters. The van der Waals surface area contributed by atoms with Gasteiger partial charge in [0.15, 0.2) is 5.65 Å². The fourth-order valence-electron chi connectivity index (χ4n) is 2.24. The quantitative estimate of drug-likeness (QED) is 0.773. The van der Waals surface area contributed by atoms with Gasteiger partial charge in [0.2, 0.25) is 0 Å². The Balaban J connectivity index is 1.47. The van der Waals surface area contributed by atoms with E-state index < -0.39 is 0 Å². The summed E-state index contributed by atoms with van der Waals surface area (Å²) in [6.07, 6.45) is 4.13. The summed E-state index contributed by atoms with van der Waals surface area (Å²) in [5, 5.41) is 13.4. The Morgan fingerprint density at radius 1 is 1.48 bits per heavy atom. The molecule has 0 bridgehead atoms. The molecule has 3 aromatic rings. The summed E-state index contributed by atoms with van der Waals surface area (Å²) in [6, 6.07) is 3.62. The Morgan fingerprint density at radius 2 is 2.38 bits per heavy atom. The SMILES string of the molecule is O=C(NCc1nc(C2CC2)cs1)c1[nH]nc2ncccc12. The number of aromatic amines is 1. The summed E-state index contributed by atoms with van der Waals surface area (Å²) < 4.78 is 0. The van der Waals surface area contributed by atoms with Gasteiger partial charge < -0.3 is 5.32 Å². The Bertz CT molecular complexity index is 804. The molecule has 1 saturated carbocycles. The van der Waals surface area contributed by atoms with Gasteiger partial charge in [-0.05, 0) is 25.0 Å². The van der Waals surface area contributed by atoms with Gasteiger partial charge >= 0.3 is 0 Å². The van der Waals surface area contributed by atoms with Crippen LogP contribution in [0.1, 0.15) is 39.9 Å². The van der Waals surface area contributed by atoms with Gasteiger partial charge in [-0.3, -0.25) is 9.89 Å². The van der Waals surface area contributed by atoms with Gasteiger partial charge in [0.05, 0.1) is 17.6 Å². The van der Waals surface area contributed by atoms with Crippen LogP contribution in [0.25, 0.3) is 11.0 Å². The smallest absolute Gasteiger partial charge is 0.270 e. The van der Waals surface area contributed by atoms with E-state index in [1.807, 2.05) is 6.07 Å². The van der Waals surface area contributed by atoms with Crippen molar-refractivity contribution >= 4 is 28.3 Å². The number of pyridine rings is 1. The number of aromatic nitrogens is 4. The molecule has 106 valence electrons. The van der Waals surface area contributed by atoms with E-state index in [1.54, 1.807) is 23.6 Å². The number of nitrogens with one attached hydrogen (secondary N) is 2. The molecular weight excluding hydrogens is 286 g/mol. The van der Waals surface area contributed by atoms with Crippen molar-refractivity contribution in [1.82, 2.24) is 25.5 Å². The highest BCUT2D eigenvalue weighted by Crippen LogP contribution is 2.40. The van der Waals surface area contributed by atoms with Gasteiger partial charge in [-0.2, -0.15) is 5.10 Å². The fourth-order valence-corrected chi connectivity index (χ4v) is 3.06. The first-order valence-electron chi connectivity index (χ1n) is 6.83. The third-order valence-electron chi connectivity index (χ3n) is 3.52. The van der Waals surface area contributed by atoms with Gasteiger partial charge in [0.1, 0.15) is 10.7 Å². The normalized spacial score (nSPS) is 14.5. The molecule has 6 nitrogen and oxygen atoms in total.